The molecule has 0 spiro atoms. The first-order valence-electron chi connectivity index (χ1n) is 4.47. The third-order valence-electron chi connectivity index (χ3n) is 1.75. The maximum atomic E-state index is 11.3. The number of amides is 1. The molecule has 1 atom stereocenters. The molecular formula is C8H14N4OS. The lowest BCUT2D eigenvalue weighted by Crippen LogP contribution is -2.26. The van der Waals surface area contributed by atoms with E-state index in [0.717, 1.165) is 6.42 Å². The van der Waals surface area contributed by atoms with Gasteiger partial charge < -0.3 is 11.1 Å². The highest BCUT2D eigenvalue weighted by molar-refractivity contribution is 7.09. The number of carbonyl (C=O) groups excluding carboxylic acids is 1. The first-order chi connectivity index (χ1) is 6.61. The fraction of sp³-hybridized carbons (Fsp3) is 0.625. The Balaban J connectivity index is 2.41. The number of anilines is 1. The highest BCUT2D eigenvalue weighted by atomic mass is 32.1. The predicted octanol–water partition coefficient (Wildman–Crippen LogP) is 0.912. The number of nitrogens with zero attached hydrogens (tertiary/aromatic N) is 2. The van der Waals surface area contributed by atoms with E-state index in [4.69, 9.17) is 5.73 Å². The lowest BCUT2D eigenvalue weighted by Gasteiger charge is -2.06. The maximum Gasteiger partial charge on any atom is 0.227 e. The summed E-state index contributed by atoms with van der Waals surface area (Å²) in [6.07, 6.45) is 1.12. The molecule has 1 aromatic rings. The van der Waals surface area contributed by atoms with Gasteiger partial charge in [-0.3, -0.25) is 4.79 Å². The molecule has 0 radical (unpaired) electrons. The van der Waals surface area contributed by atoms with E-state index in [2.05, 4.69) is 14.7 Å². The molecule has 1 unspecified atom stereocenters. The van der Waals surface area contributed by atoms with E-state index in [0.29, 0.717) is 17.4 Å². The van der Waals surface area contributed by atoms with Gasteiger partial charge in [-0.1, -0.05) is 6.92 Å². The largest absolute Gasteiger partial charge is 0.327 e. The molecular weight excluding hydrogens is 200 g/mol. The second kappa shape index (κ2) is 5.02. The quantitative estimate of drug-likeness (QED) is 0.780. The van der Waals surface area contributed by atoms with Crippen LogP contribution >= 0.6 is 11.5 Å². The van der Waals surface area contributed by atoms with Crippen molar-refractivity contribution in [1.29, 1.82) is 0 Å². The molecule has 6 heteroatoms. The highest BCUT2D eigenvalue weighted by Crippen LogP contribution is 2.10. The Kier molecular flexibility index (Phi) is 3.97. The zero-order chi connectivity index (χ0) is 10.6. The first-order valence-corrected chi connectivity index (χ1v) is 5.25. The van der Waals surface area contributed by atoms with Crippen LogP contribution in [0.4, 0.5) is 5.13 Å². The van der Waals surface area contributed by atoms with Crippen molar-refractivity contribution in [3.63, 3.8) is 0 Å². The summed E-state index contributed by atoms with van der Waals surface area (Å²) in [5.41, 5.74) is 5.64. The Morgan fingerprint density at radius 2 is 2.43 bits per heavy atom. The van der Waals surface area contributed by atoms with Gasteiger partial charge in [0.1, 0.15) is 5.82 Å². The summed E-state index contributed by atoms with van der Waals surface area (Å²) < 4.78 is 3.95. The topological polar surface area (TPSA) is 80.9 Å². The molecule has 0 aliphatic carbocycles. The van der Waals surface area contributed by atoms with E-state index in [1.54, 1.807) is 6.92 Å². The van der Waals surface area contributed by atoms with Crippen molar-refractivity contribution in [3.8, 4) is 0 Å². The fourth-order valence-corrected chi connectivity index (χ4v) is 1.49. The van der Waals surface area contributed by atoms with Crippen molar-refractivity contribution in [2.75, 3.05) is 5.32 Å². The van der Waals surface area contributed by atoms with Crippen LogP contribution in [0.25, 0.3) is 0 Å². The molecule has 3 N–H and O–H groups in total. The van der Waals surface area contributed by atoms with E-state index in [1.165, 1.54) is 11.5 Å². The molecule has 78 valence electrons. The van der Waals surface area contributed by atoms with Crippen LogP contribution in [0, 0.1) is 6.92 Å². The van der Waals surface area contributed by atoms with Gasteiger partial charge in [-0.05, 0) is 13.3 Å². The number of nitrogens with two attached hydrogens (primary N) is 1. The number of rotatable bonds is 4. The van der Waals surface area contributed by atoms with E-state index in [-0.39, 0.29) is 11.9 Å². The Hall–Kier alpha value is -1.01. The molecule has 0 bridgehead atoms. The molecule has 1 amide bonds. The molecule has 1 rings (SSSR count). The van der Waals surface area contributed by atoms with E-state index in [9.17, 15) is 4.79 Å². The number of carbonyl (C=O) groups is 1. The third-order valence-corrected chi connectivity index (χ3v) is 2.47. The predicted molar refractivity (Wildman–Crippen MR) is 56.2 cm³/mol. The molecule has 0 aromatic carbocycles. The van der Waals surface area contributed by atoms with Crippen molar-refractivity contribution < 1.29 is 4.79 Å². The average Bonchev–Trinajstić information content (AvgIpc) is 2.50. The van der Waals surface area contributed by atoms with Crippen molar-refractivity contribution in [2.45, 2.75) is 32.7 Å². The van der Waals surface area contributed by atoms with Crippen molar-refractivity contribution in [2.24, 2.45) is 5.73 Å². The summed E-state index contributed by atoms with van der Waals surface area (Å²) in [5.74, 6) is 0.570. The third kappa shape index (κ3) is 3.39. The molecule has 1 heterocycles. The van der Waals surface area contributed by atoms with Crippen LogP contribution < -0.4 is 11.1 Å². The van der Waals surface area contributed by atoms with Crippen LogP contribution in [0.5, 0.6) is 0 Å². The minimum Gasteiger partial charge on any atom is -0.327 e. The summed E-state index contributed by atoms with van der Waals surface area (Å²) in [7, 11) is 0. The number of aromatic nitrogens is 2. The van der Waals surface area contributed by atoms with Crippen LogP contribution in [0.2, 0.25) is 0 Å². The number of hydrogen-bond donors (Lipinski definition) is 2. The summed E-state index contributed by atoms with van der Waals surface area (Å²) in [6, 6.07) is -0.0796. The smallest absolute Gasteiger partial charge is 0.227 e. The maximum absolute atomic E-state index is 11.3. The van der Waals surface area contributed by atoms with Crippen molar-refractivity contribution >= 4 is 22.6 Å². The first kappa shape index (κ1) is 11.1. The Morgan fingerprint density at radius 1 is 1.71 bits per heavy atom. The van der Waals surface area contributed by atoms with E-state index >= 15 is 0 Å². The van der Waals surface area contributed by atoms with Gasteiger partial charge in [-0.15, -0.1) is 0 Å². The van der Waals surface area contributed by atoms with Gasteiger partial charge in [-0.2, -0.15) is 4.37 Å². The summed E-state index contributed by atoms with van der Waals surface area (Å²) >= 11 is 1.18. The lowest BCUT2D eigenvalue weighted by molar-refractivity contribution is -0.116. The van der Waals surface area contributed by atoms with Crippen LogP contribution in [0.3, 0.4) is 0 Å². The summed E-state index contributed by atoms with van der Waals surface area (Å²) in [6.45, 7) is 3.73. The van der Waals surface area contributed by atoms with E-state index in [1.807, 2.05) is 6.92 Å². The Morgan fingerprint density at radius 3 is 2.93 bits per heavy atom. The Labute approximate surface area is 86.9 Å². The number of hydrogen-bond acceptors (Lipinski definition) is 5. The van der Waals surface area contributed by atoms with Crippen molar-refractivity contribution in [1.82, 2.24) is 9.36 Å². The molecule has 0 aliphatic rings. The van der Waals surface area contributed by atoms with Crippen LogP contribution in [-0.4, -0.2) is 21.3 Å². The fourth-order valence-electron chi connectivity index (χ4n) is 0.901. The summed E-state index contributed by atoms with van der Waals surface area (Å²) in [4.78, 5) is 15.4. The van der Waals surface area contributed by atoms with Crippen molar-refractivity contribution in [3.05, 3.63) is 5.82 Å². The number of nitrogens with one attached hydrogen (secondary N) is 1. The second-order valence-corrected chi connectivity index (χ2v) is 3.82. The molecule has 14 heavy (non-hydrogen) atoms. The van der Waals surface area contributed by atoms with E-state index < -0.39 is 0 Å². The van der Waals surface area contributed by atoms with Gasteiger partial charge in [0, 0.05) is 24.0 Å². The van der Waals surface area contributed by atoms with Gasteiger partial charge in [0.05, 0.1) is 0 Å². The summed E-state index contributed by atoms with van der Waals surface area (Å²) in [5, 5.41) is 3.19. The minimum atomic E-state index is -0.101. The molecule has 0 fully saturated rings. The van der Waals surface area contributed by atoms with Gasteiger partial charge in [0.15, 0.2) is 0 Å². The highest BCUT2D eigenvalue weighted by Gasteiger charge is 2.09. The zero-order valence-corrected chi connectivity index (χ0v) is 9.10. The zero-order valence-electron chi connectivity index (χ0n) is 8.28. The van der Waals surface area contributed by atoms with Crippen LogP contribution in [0.1, 0.15) is 25.6 Å². The minimum absolute atomic E-state index is 0.0796. The monoisotopic (exact) mass is 214 g/mol. The van der Waals surface area contributed by atoms with Gasteiger partial charge in [0.2, 0.25) is 11.0 Å². The normalized spacial score (nSPS) is 12.5. The molecule has 0 saturated carbocycles. The van der Waals surface area contributed by atoms with Gasteiger partial charge in [0.25, 0.3) is 0 Å². The number of aryl methyl sites for hydroxylation is 1. The second-order valence-electron chi connectivity index (χ2n) is 3.07. The van der Waals surface area contributed by atoms with Crippen LogP contribution in [0.15, 0.2) is 0 Å². The SMILES string of the molecule is CCC(N)CC(=O)Nc1nc(C)ns1. The van der Waals surface area contributed by atoms with Gasteiger partial charge >= 0.3 is 0 Å². The lowest BCUT2D eigenvalue weighted by atomic mass is 10.2. The van der Waals surface area contributed by atoms with Crippen LogP contribution in [-0.2, 0) is 4.79 Å². The van der Waals surface area contributed by atoms with Gasteiger partial charge in [-0.25, -0.2) is 4.98 Å². The molecule has 0 aliphatic heterocycles. The average molecular weight is 214 g/mol. The standard InChI is InChI=1S/C8H14N4OS/c1-3-6(9)4-7(13)11-8-10-5(2)12-14-8/h6H,3-4,9H2,1-2H3,(H,10,11,12,13). The molecule has 0 saturated heterocycles. The molecule has 1 aromatic heterocycles. The Bertz CT molecular complexity index is 312. The molecule has 5 nitrogen and oxygen atoms in total.